The lowest BCUT2D eigenvalue weighted by molar-refractivity contribution is -0.0379. The summed E-state index contributed by atoms with van der Waals surface area (Å²) in [5.41, 5.74) is 3.10. The van der Waals surface area contributed by atoms with Crippen LogP contribution in [-0.2, 0) is 23.5 Å². The fourth-order valence-corrected chi connectivity index (χ4v) is 7.01. The van der Waals surface area contributed by atoms with Crippen LogP contribution in [0, 0.1) is 0 Å². The minimum absolute atomic E-state index is 0.189. The normalized spacial score (nSPS) is 15.8. The molecule has 1 aliphatic rings. The summed E-state index contributed by atoms with van der Waals surface area (Å²) in [5, 5.41) is 13.3. The predicted molar refractivity (Wildman–Crippen MR) is 131 cm³/mol. The molecular weight excluding hydrogens is 468 g/mol. The zero-order chi connectivity index (χ0) is 21.8. The van der Waals surface area contributed by atoms with Crippen LogP contribution in [0.3, 0.4) is 0 Å². The number of nitrogens with zero attached hydrogens (tertiary/aromatic N) is 4. The van der Waals surface area contributed by atoms with Gasteiger partial charge in [0.25, 0.3) is 0 Å². The largest absolute Gasteiger partial charge is 0.370 e. The van der Waals surface area contributed by atoms with Crippen molar-refractivity contribution in [3.05, 3.63) is 45.3 Å². The van der Waals surface area contributed by atoms with E-state index in [9.17, 15) is 0 Å². The SMILES string of the molecule is CC(C)Sc1nc2sc3c(c2c2nnc(SCc4ccccc4Cl)n12)CC(C)(C)OC3. The van der Waals surface area contributed by atoms with Gasteiger partial charge in [0.05, 0.1) is 17.6 Å². The van der Waals surface area contributed by atoms with Gasteiger partial charge in [0.15, 0.2) is 16.0 Å². The molecule has 0 amide bonds. The predicted octanol–water partition coefficient (Wildman–Crippen LogP) is 6.64. The van der Waals surface area contributed by atoms with E-state index in [0.717, 1.165) is 48.9 Å². The molecule has 4 aromatic rings. The first-order valence-electron chi connectivity index (χ1n) is 10.2. The van der Waals surface area contributed by atoms with Gasteiger partial charge in [0, 0.05) is 27.3 Å². The minimum atomic E-state index is -0.189. The van der Waals surface area contributed by atoms with Crippen molar-refractivity contribution in [2.24, 2.45) is 0 Å². The third-order valence-corrected chi connectivity index (χ3v) is 8.57. The first kappa shape index (κ1) is 21.5. The van der Waals surface area contributed by atoms with E-state index < -0.39 is 0 Å². The van der Waals surface area contributed by atoms with Crippen molar-refractivity contribution < 1.29 is 4.74 Å². The van der Waals surface area contributed by atoms with E-state index in [1.54, 1.807) is 34.9 Å². The molecule has 5 rings (SSSR count). The van der Waals surface area contributed by atoms with E-state index in [1.807, 2.05) is 18.2 Å². The Hall–Kier alpha value is -1.32. The number of halogens is 1. The molecule has 5 nitrogen and oxygen atoms in total. The monoisotopic (exact) mass is 490 g/mol. The van der Waals surface area contributed by atoms with Crippen LogP contribution in [0.2, 0.25) is 5.02 Å². The number of benzene rings is 1. The molecule has 0 atom stereocenters. The van der Waals surface area contributed by atoms with Crippen LogP contribution >= 0.6 is 46.5 Å². The van der Waals surface area contributed by atoms with Crippen LogP contribution in [0.5, 0.6) is 0 Å². The second-order valence-electron chi connectivity index (χ2n) is 8.49. The molecule has 0 saturated heterocycles. The van der Waals surface area contributed by atoms with Crippen LogP contribution in [-0.4, -0.2) is 30.4 Å². The summed E-state index contributed by atoms with van der Waals surface area (Å²) < 4.78 is 8.18. The minimum Gasteiger partial charge on any atom is -0.370 e. The van der Waals surface area contributed by atoms with Gasteiger partial charge < -0.3 is 4.74 Å². The topological polar surface area (TPSA) is 52.3 Å². The number of aromatic nitrogens is 4. The highest BCUT2D eigenvalue weighted by molar-refractivity contribution is 8.00. The molecule has 9 heteroatoms. The molecular formula is C22H23ClN4OS3. The standard InChI is InChI=1S/C22H23ClN4OS3/c1-12(2)30-20-24-19-17(14-9-22(3,4)28-10-16(14)31-19)18-25-26-21(27(18)20)29-11-13-7-5-6-8-15(13)23/h5-8,12H,9-11H2,1-4H3. The second kappa shape index (κ2) is 8.23. The van der Waals surface area contributed by atoms with Gasteiger partial charge in [0.1, 0.15) is 4.83 Å². The summed E-state index contributed by atoms with van der Waals surface area (Å²) in [6, 6.07) is 7.93. The quantitative estimate of drug-likeness (QED) is 0.231. The fraction of sp³-hybridized carbons (Fsp3) is 0.409. The van der Waals surface area contributed by atoms with Crippen molar-refractivity contribution in [1.82, 2.24) is 19.6 Å². The molecule has 0 bridgehead atoms. The number of hydrogen-bond acceptors (Lipinski definition) is 7. The van der Waals surface area contributed by atoms with Gasteiger partial charge in [-0.1, -0.05) is 67.2 Å². The van der Waals surface area contributed by atoms with E-state index in [2.05, 4.69) is 48.4 Å². The Kier molecular flexibility index (Phi) is 5.71. The van der Waals surface area contributed by atoms with Crippen LogP contribution in [0.25, 0.3) is 15.9 Å². The number of rotatable bonds is 5. The third kappa shape index (κ3) is 4.09. The summed E-state index contributed by atoms with van der Waals surface area (Å²) in [5.74, 6) is 0.729. The van der Waals surface area contributed by atoms with Crippen molar-refractivity contribution in [3.63, 3.8) is 0 Å². The molecule has 162 valence electrons. The number of ether oxygens (including phenoxy) is 1. The summed E-state index contributed by atoms with van der Waals surface area (Å²) in [4.78, 5) is 7.35. The van der Waals surface area contributed by atoms with Crippen LogP contribution in [0.4, 0.5) is 0 Å². The number of thiophene rings is 1. The summed E-state index contributed by atoms with van der Waals surface area (Å²) >= 11 is 11.5. The molecule has 0 spiro atoms. The van der Waals surface area contributed by atoms with Crippen molar-refractivity contribution in [2.45, 2.75) is 67.6 Å². The fourth-order valence-electron chi connectivity index (χ4n) is 3.73. The molecule has 1 aromatic carbocycles. The molecule has 0 N–H and O–H groups in total. The van der Waals surface area contributed by atoms with Crippen LogP contribution < -0.4 is 0 Å². The van der Waals surface area contributed by atoms with E-state index in [0.29, 0.717) is 11.9 Å². The second-order valence-corrected chi connectivity index (χ2v) is 12.5. The van der Waals surface area contributed by atoms with E-state index in [4.69, 9.17) is 21.3 Å². The Morgan fingerprint density at radius 2 is 2.03 bits per heavy atom. The molecule has 0 unspecified atom stereocenters. The Bertz CT molecular complexity index is 1280. The third-order valence-electron chi connectivity index (χ3n) is 5.17. The van der Waals surface area contributed by atoms with Crippen LogP contribution in [0.1, 0.15) is 43.7 Å². The Morgan fingerprint density at radius 1 is 1.23 bits per heavy atom. The Labute approximate surface area is 198 Å². The van der Waals surface area contributed by atoms with Gasteiger partial charge in [-0.15, -0.1) is 21.5 Å². The van der Waals surface area contributed by atoms with E-state index in [-0.39, 0.29) is 5.60 Å². The molecule has 31 heavy (non-hydrogen) atoms. The highest BCUT2D eigenvalue weighted by Gasteiger charge is 2.31. The molecule has 0 saturated carbocycles. The summed E-state index contributed by atoms with van der Waals surface area (Å²) in [6.45, 7) is 9.27. The lowest BCUT2D eigenvalue weighted by Crippen LogP contribution is -2.31. The van der Waals surface area contributed by atoms with Crippen molar-refractivity contribution in [3.8, 4) is 0 Å². The molecule has 4 heterocycles. The Balaban J connectivity index is 1.65. The molecule has 3 aromatic heterocycles. The summed E-state index contributed by atoms with van der Waals surface area (Å²) in [6.07, 6.45) is 0.852. The zero-order valence-electron chi connectivity index (χ0n) is 17.8. The van der Waals surface area contributed by atoms with Crippen molar-refractivity contribution in [1.29, 1.82) is 0 Å². The van der Waals surface area contributed by atoms with Gasteiger partial charge >= 0.3 is 0 Å². The first-order valence-corrected chi connectivity index (χ1v) is 13.2. The van der Waals surface area contributed by atoms with Gasteiger partial charge in [0.2, 0.25) is 0 Å². The van der Waals surface area contributed by atoms with E-state index >= 15 is 0 Å². The molecule has 0 radical (unpaired) electrons. The molecule has 0 fully saturated rings. The van der Waals surface area contributed by atoms with Crippen molar-refractivity contribution in [2.75, 3.05) is 0 Å². The average Bonchev–Trinajstić information content (AvgIpc) is 3.27. The van der Waals surface area contributed by atoms with Crippen LogP contribution in [0.15, 0.2) is 34.6 Å². The highest BCUT2D eigenvalue weighted by Crippen LogP contribution is 2.42. The summed E-state index contributed by atoms with van der Waals surface area (Å²) in [7, 11) is 0. The van der Waals surface area contributed by atoms with Crippen molar-refractivity contribution >= 4 is 62.3 Å². The van der Waals surface area contributed by atoms with Gasteiger partial charge in [-0.05, 0) is 31.0 Å². The first-order chi connectivity index (χ1) is 14.8. The lowest BCUT2D eigenvalue weighted by Gasteiger charge is -2.30. The maximum absolute atomic E-state index is 6.37. The number of hydrogen-bond donors (Lipinski definition) is 0. The lowest BCUT2D eigenvalue weighted by atomic mass is 9.94. The molecule has 1 aliphatic heterocycles. The molecule has 0 aliphatic carbocycles. The average molecular weight is 491 g/mol. The van der Waals surface area contributed by atoms with Gasteiger partial charge in [-0.25, -0.2) is 9.38 Å². The van der Waals surface area contributed by atoms with Gasteiger partial charge in [-0.2, -0.15) is 0 Å². The highest BCUT2D eigenvalue weighted by atomic mass is 35.5. The van der Waals surface area contributed by atoms with E-state index in [1.165, 1.54) is 10.4 Å². The smallest absolute Gasteiger partial charge is 0.198 e. The zero-order valence-corrected chi connectivity index (χ0v) is 21.0. The van der Waals surface area contributed by atoms with Gasteiger partial charge in [-0.3, -0.25) is 0 Å². The maximum Gasteiger partial charge on any atom is 0.198 e. The Morgan fingerprint density at radius 3 is 2.81 bits per heavy atom. The number of fused-ring (bicyclic) bond motifs is 5. The maximum atomic E-state index is 6.37. The number of thioether (sulfide) groups is 2.